The molecule has 1 amide bonds. The molecule has 17 heavy (non-hydrogen) atoms. The summed E-state index contributed by atoms with van der Waals surface area (Å²) in [4.78, 5) is 16.3. The number of rotatable bonds is 2. The molecule has 0 saturated carbocycles. The number of pyridine rings is 1. The van der Waals surface area contributed by atoms with Gasteiger partial charge in [-0.25, -0.2) is 4.98 Å². The molecule has 2 N–H and O–H groups in total. The minimum absolute atomic E-state index is 0.0757. The summed E-state index contributed by atoms with van der Waals surface area (Å²) in [6.45, 7) is 3.68. The van der Waals surface area contributed by atoms with Gasteiger partial charge in [-0.1, -0.05) is 0 Å². The summed E-state index contributed by atoms with van der Waals surface area (Å²) in [6.07, 6.45) is 2.03. The molecule has 1 saturated heterocycles. The highest BCUT2D eigenvalue weighted by Crippen LogP contribution is 2.18. The zero-order chi connectivity index (χ0) is 12.3. The Morgan fingerprint density at radius 3 is 3.06 bits per heavy atom. The van der Waals surface area contributed by atoms with Gasteiger partial charge in [0.25, 0.3) is 0 Å². The maximum Gasteiger partial charge on any atom is 0.228 e. The van der Waals surface area contributed by atoms with Crippen LogP contribution in [0.4, 0.5) is 5.69 Å². The second-order valence-corrected chi connectivity index (χ2v) is 5.11. The first-order chi connectivity index (χ1) is 8.16. The molecule has 92 valence electrons. The molecule has 1 aromatic heterocycles. The Morgan fingerprint density at radius 2 is 2.41 bits per heavy atom. The molecule has 0 radical (unpaired) electrons. The standard InChI is InChI=1S/C12H16BrN3O/c1-8-10(4-5-11(13)15-8)16-12(17)9-3-2-6-14-7-9/h4-5,9,14H,2-3,6-7H2,1H3,(H,16,17)/t9-/m1/s1. The number of nitrogens with one attached hydrogen (secondary N) is 2. The van der Waals surface area contributed by atoms with Crippen molar-refractivity contribution < 1.29 is 4.79 Å². The van der Waals surface area contributed by atoms with Crippen LogP contribution < -0.4 is 10.6 Å². The predicted molar refractivity (Wildman–Crippen MR) is 70.9 cm³/mol. The molecule has 1 aromatic rings. The summed E-state index contributed by atoms with van der Waals surface area (Å²) >= 11 is 3.31. The number of nitrogens with zero attached hydrogens (tertiary/aromatic N) is 1. The third kappa shape index (κ3) is 3.26. The summed E-state index contributed by atoms with van der Waals surface area (Å²) in [5.41, 5.74) is 1.63. The minimum atomic E-state index is 0.0757. The Bertz CT molecular complexity index is 416. The number of amides is 1. The summed E-state index contributed by atoms with van der Waals surface area (Å²) in [7, 11) is 0. The van der Waals surface area contributed by atoms with E-state index in [0.717, 1.165) is 41.9 Å². The number of halogens is 1. The van der Waals surface area contributed by atoms with Crippen LogP contribution in [0.3, 0.4) is 0 Å². The van der Waals surface area contributed by atoms with Gasteiger partial charge in [-0.05, 0) is 54.4 Å². The van der Waals surface area contributed by atoms with E-state index in [1.165, 1.54) is 0 Å². The molecule has 4 nitrogen and oxygen atoms in total. The largest absolute Gasteiger partial charge is 0.324 e. The number of hydrogen-bond donors (Lipinski definition) is 2. The SMILES string of the molecule is Cc1nc(Br)ccc1NC(=O)[C@@H]1CCCNC1. The van der Waals surface area contributed by atoms with Gasteiger partial charge in [0, 0.05) is 6.54 Å². The Balaban J connectivity index is 2.02. The minimum Gasteiger partial charge on any atom is -0.324 e. The average molecular weight is 298 g/mol. The summed E-state index contributed by atoms with van der Waals surface area (Å²) in [6, 6.07) is 3.71. The highest BCUT2D eigenvalue weighted by atomic mass is 79.9. The second kappa shape index (κ2) is 5.60. The normalized spacial score (nSPS) is 20.0. The molecule has 2 heterocycles. The van der Waals surface area contributed by atoms with Crippen LogP contribution in [-0.2, 0) is 4.79 Å². The van der Waals surface area contributed by atoms with E-state index in [1.807, 2.05) is 19.1 Å². The number of aromatic nitrogens is 1. The van der Waals surface area contributed by atoms with Gasteiger partial charge in [0.15, 0.2) is 0 Å². The van der Waals surface area contributed by atoms with Crippen LogP contribution >= 0.6 is 15.9 Å². The van der Waals surface area contributed by atoms with E-state index in [1.54, 1.807) is 0 Å². The van der Waals surface area contributed by atoms with E-state index in [2.05, 4.69) is 31.5 Å². The zero-order valence-electron chi connectivity index (χ0n) is 9.79. The molecule has 1 fully saturated rings. The Hall–Kier alpha value is -0.940. The van der Waals surface area contributed by atoms with E-state index in [9.17, 15) is 4.79 Å². The fourth-order valence-electron chi connectivity index (χ4n) is 1.97. The first kappa shape index (κ1) is 12.5. The Labute approximate surface area is 109 Å². The van der Waals surface area contributed by atoms with E-state index < -0.39 is 0 Å². The van der Waals surface area contributed by atoms with Crippen molar-refractivity contribution in [1.82, 2.24) is 10.3 Å². The van der Waals surface area contributed by atoms with Gasteiger partial charge in [0.2, 0.25) is 5.91 Å². The molecule has 0 bridgehead atoms. The molecule has 0 unspecified atom stereocenters. The number of carbonyl (C=O) groups is 1. The molecule has 2 rings (SSSR count). The predicted octanol–water partition coefficient (Wildman–Crippen LogP) is 2.09. The monoisotopic (exact) mass is 297 g/mol. The van der Waals surface area contributed by atoms with Crippen molar-refractivity contribution >= 4 is 27.5 Å². The second-order valence-electron chi connectivity index (χ2n) is 4.30. The summed E-state index contributed by atoms with van der Waals surface area (Å²) in [5.74, 6) is 0.163. The maximum absolute atomic E-state index is 12.0. The van der Waals surface area contributed by atoms with E-state index in [-0.39, 0.29) is 11.8 Å². The van der Waals surface area contributed by atoms with Crippen LogP contribution in [0.2, 0.25) is 0 Å². The Kier molecular flexibility index (Phi) is 4.12. The highest BCUT2D eigenvalue weighted by Gasteiger charge is 2.21. The van der Waals surface area contributed by atoms with Gasteiger partial charge in [-0.2, -0.15) is 0 Å². The van der Waals surface area contributed by atoms with Gasteiger partial charge < -0.3 is 10.6 Å². The van der Waals surface area contributed by atoms with Crippen LogP contribution in [0.5, 0.6) is 0 Å². The van der Waals surface area contributed by atoms with Gasteiger partial charge in [-0.3, -0.25) is 4.79 Å². The lowest BCUT2D eigenvalue weighted by molar-refractivity contribution is -0.120. The summed E-state index contributed by atoms with van der Waals surface area (Å²) < 4.78 is 0.785. The van der Waals surface area contributed by atoms with Gasteiger partial charge in [-0.15, -0.1) is 0 Å². The van der Waals surface area contributed by atoms with Gasteiger partial charge >= 0.3 is 0 Å². The van der Waals surface area contributed by atoms with Crippen molar-refractivity contribution in [2.45, 2.75) is 19.8 Å². The third-order valence-electron chi connectivity index (χ3n) is 2.98. The van der Waals surface area contributed by atoms with Crippen molar-refractivity contribution in [3.63, 3.8) is 0 Å². The molecule has 1 atom stereocenters. The molecule has 5 heteroatoms. The molecule has 0 spiro atoms. The highest BCUT2D eigenvalue weighted by molar-refractivity contribution is 9.10. The van der Waals surface area contributed by atoms with Crippen molar-refractivity contribution in [1.29, 1.82) is 0 Å². The van der Waals surface area contributed by atoms with E-state index >= 15 is 0 Å². The lowest BCUT2D eigenvalue weighted by Crippen LogP contribution is -2.37. The zero-order valence-corrected chi connectivity index (χ0v) is 11.4. The van der Waals surface area contributed by atoms with Crippen LogP contribution in [0.15, 0.2) is 16.7 Å². The van der Waals surface area contributed by atoms with Gasteiger partial charge in [0.05, 0.1) is 17.3 Å². The summed E-state index contributed by atoms with van der Waals surface area (Å²) in [5, 5.41) is 6.19. The molecular formula is C12H16BrN3O. The first-order valence-electron chi connectivity index (χ1n) is 5.81. The number of anilines is 1. The average Bonchev–Trinajstić information content (AvgIpc) is 2.34. The number of piperidine rings is 1. The molecular weight excluding hydrogens is 282 g/mol. The van der Waals surface area contributed by atoms with E-state index in [0.29, 0.717) is 0 Å². The molecule has 0 aliphatic carbocycles. The topological polar surface area (TPSA) is 54.0 Å². The third-order valence-corrected chi connectivity index (χ3v) is 3.42. The van der Waals surface area contributed by atoms with Gasteiger partial charge in [0.1, 0.15) is 4.60 Å². The number of carbonyl (C=O) groups excluding carboxylic acids is 1. The van der Waals surface area contributed by atoms with Crippen LogP contribution in [0.1, 0.15) is 18.5 Å². The smallest absolute Gasteiger partial charge is 0.228 e. The fourth-order valence-corrected chi connectivity index (χ4v) is 2.37. The maximum atomic E-state index is 12.0. The molecule has 1 aliphatic heterocycles. The first-order valence-corrected chi connectivity index (χ1v) is 6.61. The van der Waals surface area contributed by atoms with Crippen LogP contribution in [-0.4, -0.2) is 24.0 Å². The van der Waals surface area contributed by atoms with Crippen molar-refractivity contribution in [3.8, 4) is 0 Å². The van der Waals surface area contributed by atoms with Crippen LogP contribution in [0, 0.1) is 12.8 Å². The van der Waals surface area contributed by atoms with E-state index in [4.69, 9.17) is 0 Å². The number of hydrogen-bond acceptors (Lipinski definition) is 3. The molecule has 1 aliphatic rings. The quantitative estimate of drug-likeness (QED) is 0.822. The van der Waals surface area contributed by atoms with Crippen molar-refractivity contribution in [3.05, 3.63) is 22.4 Å². The lowest BCUT2D eigenvalue weighted by atomic mass is 9.99. The van der Waals surface area contributed by atoms with Crippen LogP contribution in [0.25, 0.3) is 0 Å². The van der Waals surface area contributed by atoms with Crippen molar-refractivity contribution in [2.24, 2.45) is 5.92 Å². The van der Waals surface area contributed by atoms with Crippen molar-refractivity contribution in [2.75, 3.05) is 18.4 Å². The fraction of sp³-hybridized carbons (Fsp3) is 0.500. The Morgan fingerprint density at radius 1 is 1.59 bits per heavy atom. The molecule has 0 aromatic carbocycles. The lowest BCUT2D eigenvalue weighted by Gasteiger charge is -2.22. The number of aryl methyl sites for hydroxylation is 1.